The summed E-state index contributed by atoms with van der Waals surface area (Å²) in [6, 6.07) is 11.2. The molecule has 6 nitrogen and oxygen atoms in total. The minimum absolute atomic E-state index is 0.132. The van der Waals surface area contributed by atoms with Crippen LogP contribution in [0.4, 0.5) is 14.5 Å². The Bertz CT molecular complexity index is 886. The highest BCUT2D eigenvalue weighted by atomic mass is 32.2. The quantitative estimate of drug-likeness (QED) is 0.711. The highest BCUT2D eigenvalue weighted by Gasteiger charge is 2.23. The largest absolute Gasteiger partial charge is 0.433 e. The number of benzene rings is 2. The average molecular weight is 398 g/mol. The number of hydrogen-bond acceptors (Lipinski definition) is 4. The predicted molar refractivity (Wildman–Crippen MR) is 97.2 cm³/mol. The molecule has 0 fully saturated rings. The van der Waals surface area contributed by atoms with E-state index in [1.165, 1.54) is 18.2 Å². The van der Waals surface area contributed by atoms with Crippen LogP contribution in [0.2, 0.25) is 0 Å². The summed E-state index contributed by atoms with van der Waals surface area (Å²) < 4.78 is 56.9. The molecule has 0 bridgehead atoms. The van der Waals surface area contributed by atoms with Crippen molar-refractivity contribution in [3.63, 3.8) is 0 Å². The molecule has 0 aliphatic carbocycles. The van der Waals surface area contributed by atoms with Gasteiger partial charge in [0.1, 0.15) is 10.6 Å². The van der Waals surface area contributed by atoms with Crippen LogP contribution in [-0.2, 0) is 14.8 Å². The molecule has 0 saturated carbocycles. The summed E-state index contributed by atoms with van der Waals surface area (Å²) in [6.45, 7) is 0.217. The van der Waals surface area contributed by atoms with Crippen LogP contribution in [0.3, 0.4) is 0 Å². The lowest BCUT2D eigenvalue weighted by Crippen LogP contribution is -2.27. The van der Waals surface area contributed by atoms with E-state index >= 15 is 0 Å². The van der Waals surface area contributed by atoms with Gasteiger partial charge in [0.05, 0.1) is 0 Å². The molecule has 0 aliphatic heterocycles. The first kappa shape index (κ1) is 20.8. The van der Waals surface area contributed by atoms with Crippen LogP contribution < -0.4 is 14.8 Å². The molecule has 2 rings (SSSR count). The molecule has 2 N–H and O–H groups in total. The molecule has 1 unspecified atom stereocenters. The maximum atomic E-state index is 12.6. The Balaban J connectivity index is 2.17. The van der Waals surface area contributed by atoms with E-state index in [0.717, 1.165) is 6.07 Å². The number of halogens is 2. The highest BCUT2D eigenvalue weighted by Crippen LogP contribution is 2.27. The van der Waals surface area contributed by atoms with Crippen molar-refractivity contribution in [3.05, 3.63) is 54.1 Å². The fourth-order valence-corrected chi connectivity index (χ4v) is 3.70. The maximum absolute atomic E-state index is 12.6. The molecule has 146 valence electrons. The second-order valence-electron chi connectivity index (χ2n) is 5.69. The highest BCUT2D eigenvalue weighted by molar-refractivity contribution is 7.89. The SMILES string of the molecule is CCC(=O)Nc1ccc(C(C)NS(=O)(=O)c2ccccc2OC(F)F)cc1. The zero-order valence-electron chi connectivity index (χ0n) is 14.8. The van der Waals surface area contributed by atoms with E-state index < -0.39 is 28.4 Å². The third-order valence-corrected chi connectivity index (χ3v) is 5.28. The van der Waals surface area contributed by atoms with Crippen LogP contribution in [0.25, 0.3) is 0 Å². The molecule has 2 aromatic carbocycles. The van der Waals surface area contributed by atoms with Crippen molar-refractivity contribution < 1.29 is 26.7 Å². The first-order valence-corrected chi connectivity index (χ1v) is 9.67. The number of para-hydroxylation sites is 1. The van der Waals surface area contributed by atoms with Crippen LogP contribution >= 0.6 is 0 Å². The Kier molecular flexibility index (Phi) is 6.86. The summed E-state index contributed by atoms with van der Waals surface area (Å²) in [5, 5.41) is 2.69. The molecule has 0 radical (unpaired) electrons. The van der Waals surface area contributed by atoms with Gasteiger partial charge in [0.25, 0.3) is 0 Å². The topological polar surface area (TPSA) is 84.5 Å². The fraction of sp³-hybridized carbons (Fsp3) is 0.278. The normalized spacial score (nSPS) is 12.6. The summed E-state index contributed by atoms with van der Waals surface area (Å²) in [4.78, 5) is 11.0. The van der Waals surface area contributed by atoms with Gasteiger partial charge in [-0.15, -0.1) is 0 Å². The smallest absolute Gasteiger partial charge is 0.387 e. The minimum Gasteiger partial charge on any atom is -0.433 e. The fourth-order valence-electron chi connectivity index (χ4n) is 2.33. The van der Waals surface area contributed by atoms with Gasteiger partial charge in [-0.2, -0.15) is 8.78 Å². The number of ether oxygens (including phenoxy) is 1. The number of hydrogen-bond donors (Lipinski definition) is 2. The van der Waals surface area contributed by atoms with E-state index in [2.05, 4.69) is 14.8 Å². The van der Waals surface area contributed by atoms with E-state index in [9.17, 15) is 22.0 Å². The van der Waals surface area contributed by atoms with Gasteiger partial charge < -0.3 is 10.1 Å². The molecule has 0 heterocycles. The van der Waals surface area contributed by atoms with Crippen LogP contribution in [0.1, 0.15) is 31.9 Å². The zero-order valence-corrected chi connectivity index (χ0v) is 15.6. The Morgan fingerprint density at radius 3 is 2.33 bits per heavy atom. The van der Waals surface area contributed by atoms with Crippen molar-refractivity contribution in [2.75, 3.05) is 5.32 Å². The maximum Gasteiger partial charge on any atom is 0.387 e. The number of nitrogens with one attached hydrogen (secondary N) is 2. The lowest BCUT2D eigenvalue weighted by molar-refractivity contribution is -0.115. The van der Waals surface area contributed by atoms with Crippen molar-refractivity contribution in [1.29, 1.82) is 0 Å². The van der Waals surface area contributed by atoms with Crippen molar-refractivity contribution in [2.24, 2.45) is 0 Å². The van der Waals surface area contributed by atoms with Crippen molar-refractivity contribution >= 4 is 21.6 Å². The number of amides is 1. The van der Waals surface area contributed by atoms with Gasteiger partial charge in [-0.05, 0) is 36.8 Å². The van der Waals surface area contributed by atoms with Gasteiger partial charge in [0, 0.05) is 18.2 Å². The third-order valence-electron chi connectivity index (χ3n) is 3.70. The average Bonchev–Trinajstić information content (AvgIpc) is 2.61. The van der Waals surface area contributed by atoms with Gasteiger partial charge in [-0.3, -0.25) is 4.79 Å². The number of anilines is 1. The van der Waals surface area contributed by atoms with Gasteiger partial charge in [-0.25, -0.2) is 13.1 Å². The van der Waals surface area contributed by atoms with Crippen LogP contribution in [0, 0.1) is 0 Å². The first-order chi connectivity index (χ1) is 12.7. The van der Waals surface area contributed by atoms with Crippen molar-refractivity contribution in [2.45, 2.75) is 37.8 Å². The molecule has 0 aliphatic rings. The molecule has 1 atom stereocenters. The molecule has 0 aromatic heterocycles. The van der Waals surface area contributed by atoms with Crippen molar-refractivity contribution in [1.82, 2.24) is 4.72 Å². The summed E-state index contributed by atoms with van der Waals surface area (Å²) in [5.74, 6) is -0.558. The standard InChI is InChI=1S/C18H20F2N2O4S/c1-3-17(23)21-14-10-8-13(9-11-14)12(2)22-27(24,25)16-7-5-4-6-15(16)26-18(19)20/h4-12,18,22H,3H2,1-2H3,(H,21,23). The molecule has 27 heavy (non-hydrogen) atoms. The Labute approximate surface area is 156 Å². The van der Waals surface area contributed by atoms with Gasteiger partial charge >= 0.3 is 6.61 Å². The van der Waals surface area contributed by atoms with E-state index in [1.807, 2.05) is 0 Å². The van der Waals surface area contributed by atoms with Gasteiger partial charge in [0.2, 0.25) is 15.9 Å². The molecule has 1 amide bonds. The van der Waals surface area contributed by atoms with Crippen LogP contribution in [0.15, 0.2) is 53.4 Å². The molecule has 0 saturated heterocycles. The molecule has 0 spiro atoms. The van der Waals surface area contributed by atoms with E-state index in [0.29, 0.717) is 17.7 Å². The number of sulfonamides is 1. The Morgan fingerprint density at radius 1 is 1.11 bits per heavy atom. The number of carbonyl (C=O) groups excluding carboxylic acids is 1. The first-order valence-electron chi connectivity index (χ1n) is 8.19. The second kappa shape index (κ2) is 8.92. The summed E-state index contributed by atoms with van der Waals surface area (Å²) >= 11 is 0. The summed E-state index contributed by atoms with van der Waals surface area (Å²) in [5.41, 5.74) is 1.23. The third kappa shape index (κ3) is 5.73. The van der Waals surface area contributed by atoms with E-state index in [4.69, 9.17) is 0 Å². The monoisotopic (exact) mass is 398 g/mol. The molecular weight excluding hydrogens is 378 g/mol. The lowest BCUT2D eigenvalue weighted by Gasteiger charge is -2.17. The van der Waals surface area contributed by atoms with Crippen LogP contribution in [0.5, 0.6) is 5.75 Å². The van der Waals surface area contributed by atoms with E-state index in [-0.39, 0.29) is 10.8 Å². The number of rotatable bonds is 8. The van der Waals surface area contributed by atoms with Crippen molar-refractivity contribution in [3.8, 4) is 5.75 Å². The minimum atomic E-state index is -4.10. The van der Waals surface area contributed by atoms with Gasteiger partial charge in [-0.1, -0.05) is 31.2 Å². The molecule has 9 heteroatoms. The zero-order chi connectivity index (χ0) is 20.0. The summed E-state index contributed by atoms with van der Waals surface area (Å²) in [6.07, 6.45) is 0.345. The molecule has 2 aromatic rings. The Morgan fingerprint density at radius 2 is 1.74 bits per heavy atom. The Hall–Kier alpha value is -2.52. The number of alkyl halides is 2. The van der Waals surface area contributed by atoms with Gasteiger partial charge in [0.15, 0.2) is 0 Å². The lowest BCUT2D eigenvalue weighted by atomic mass is 10.1. The predicted octanol–water partition coefficient (Wildman–Crippen LogP) is 3.68. The molecular formula is C18H20F2N2O4S. The van der Waals surface area contributed by atoms with E-state index in [1.54, 1.807) is 38.1 Å². The number of carbonyl (C=O) groups is 1. The van der Waals surface area contributed by atoms with Crippen LogP contribution in [-0.4, -0.2) is 20.9 Å². The second-order valence-corrected chi connectivity index (χ2v) is 7.37. The summed E-state index contributed by atoms with van der Waals surface area (Å²) in [7, 11) is -4.10.